The van der Waals surface area contributed by atoms with Crippen molar-refractivity contribution in [1.82, 2.24) is 0 Å². The van der Waals surface area contributed by atoms with Gasteiger partial charge in [-0.05, 0) is 37.1 Å². The van der Waals surface area contributed by atoms with E-state index >= 15 is 0 Å². The van der Waals surface area contributed by atoms with Gasteiger partial charge in [0, 0.05) is 11.3 Å². The first kappa shape index (κ1) is 18.4. The number of rotatable bonds is 6. The first-order chi connectivity index (χ1) is 11.4. The molecule has 0 saturated carbocycles. The first-order valence-corrected chi connectivity index (χ1v) is 8.74. The largest absolute Gasteiger partial charge is 0.463 e. The summed E-state index contributed by atoms with van der Waals surface area (Å²) in [5.74, 6) is 0.187. The third-order valence-electron chi connectivity index (χ3n) is 3.30. The Morgan fingerprint density at radius 3 is 2.75 bits per heavy atom. The molecule has 0 unspecified atom stereocenters. The van der Waals surface area contributed by atoms with Gasteiger partial charge in [0.1, 0.15) is 0 Å². The smallest absolute Gasteiger partial charge is 0.374 e. The molecule has 1 aromatic heterocycles. The maximum atomic E-state index is 12.1. The lowest BCUT2D eigenvalue weighted by atomic mass is 10.1. The molecule has 0 atom stereocenters. The number of methoxy groups -OCH3 is 1. The zero-order valence-electron chi connectivity index (χ0n) is 13.6. The van der Waals surface area contributed by atoms with Crippen LogP contribution in [0.15, 0.2) is 28.9 Å². The van der Waals surface area contributed by atoms with Crippen LogP contribution in [0.2, 0.25) is 5.02 Å². The molecule has 0 fully saturated rings. The van der Waals surface area contributed by atoms with Crippen LogP contribution in [0.25, 0.3) is 0 Å². The van der Waals surface area contributed by atoms with E-state index in [-0.39, 0.29) is 17.4 Å². The number of anilines is 1. The summed E-state index contributed by atoms with van der Waals surface area (Å²) in [7, 11) is 1.29. The van der Waals surface area contributed by atoms with E-state index in [0.717, 1.165) is 11.1 Å². The molecular weight excluding hydrogens is 350 g/mol. The second-order valence-corrected chi connectivity index (χ2v) is 6.64. The number of amides is 1. The lowest BCUT2D eigenvalue weighted by Crippen LogP contribution is -2.15. The average Bonchev–Trinajstić information content (AvgIpc) is 2.98. The summed E-state index contributed by atoms with van der Waals surface area (Å²) in [4.78, 5) is 23.6. The molecule has 7 heteroatoms. The molecule has 0 bridgehead atoms. The molecule has 128 valence electrons. The number of aryl methyl sites for hydroxylation is 2. The number of halogens is 1. The minimum atomic E-state index is -0.526. The summed E-state index contributed by atoms with van der Waals surface area (Å²) in [5, 5.41) is 3.35. The van der Waals surface area contributed by atoms with Crippen molar-refractivity contribution >= 4 is 40.9 Å². The minimum Gasteiger partial charge on any atom is -0.463 e. The number of nitrogens with one attached hydrogen (secondary N) is 1. The van der Waals surface area contributed by atoms with Crippen molar-refractivity contribution in [2.45, 2.75) is 19.6 Å². The van der Waals surface area contributed by atoms with E-state index in [1.165, 1.54) is 25.1 Å². The molecule has 0 radical (unpaired) electrons. The number of carbonyl (C=O) groups excluding carboxylic acids is 2. The van der Waals surface area contributed by atoms with Gasteiger partial charge in [-0.1, -0.05) is 17.7 Å². The highest BCUT2D eigenvalue weighted by atomic mass is 35.5. The number of furan rings is 1. The number of thioether (sulfide) groups is 1. The van der Waals surface area contributed by atoms with Crippen LogP contribution in [-0.2, 0) is 15.3 Å². The number of esters is 1. The van der Waals surface area contributed by atoms with Crippen LogP contribution in [0.1, 0.15) is 27.2 Å². The van der Waals surface area contributed by atoms with E-state index in [2.05, 4.69) is 10.1 Å². The van der Waals surface area contributed by atoms with Gasteiger partial charge in [-0.2, -0.15) is 0 Å². The average molecular weight is 368 g/mol. The van der Waals surface area contributed by atoms with E-state index in [1.807, 2.05) is 26.0 Å². The first-order valence-electron chi connectivity index (χ1n) is 7.21. The molecule has 1 heterocycles. The van der Waals surface area contributed by atoms with Crippen molar-refractivity contribution in [3.63, 3.8) is 0 Å². The second kappa shape index (κ2) is 8.26. The fourth-order valence-corrected chi connectivity index (χ4v) is 3.40. The highest BCUT2D eigenvalue weighted by molar-refractivity contribution is 7.99. The number of hydrogen-bond acceptors (Lipinski definition) is 5. The van der Waals surface area contributed by atoms with Crippen molar-refractivity contribution in [3.8, 4) is 0 Å². The van der Waals surface area contributed by atoms with Gasteiger partial charge in [0.05, 0.1) is 29.8 Å². The molecule has 0 aliphatic heterocycles. The molecule has 0 spiro atoms. The van der Waals surface area contributed by atoms with Gasteiger partial charge in [-0.15, -0.1) is 11.8 Å². The van der Waals surface area contributed by atoms with E-state index < -0.39 is 5.97 Å². The minimum absolute atomic E-state index is 0.156. The van der Waals surface area contributed by atoms with Crippen LogP contribution >= 0.6 is 23.4 Å². The van der Waals surface area contributed by atoms with Crippen LogP contribution in [0, 0.1) is 13.8 Å². The van der Waals surface area contributed by atoms with Crippen LogP contribution < -0.4 is 5.32 Å². The summed E-state index contributed by atoms with van der Waals surface area (Å²) >= 11 is 7.55. The van der Waals surface area contributed by atoms with Crippen LogP contribution in [0.5, 0.6) is 0 Å². The van der Waals surface area contributed by atoms with E-state index in [0.29, 0.717) is 22.0 Å². The Kier molecular flexibility index (Phi) is 6.34. The maximum absolute atomic E-state index is 12.1. The van der Waals surface area contributed by atoms with Crippen molar-refractivity contribution in [2.75, 3.05) is 18.2 Å². The summed E-state index contributed by atoms with van der Waals surface area (Å²) < 4.78 is 9.75. The fraction of sp³-hybridized carbons (Fsp3) is 0.294. The lowest BCUT2D eigenvalue weighted by molar-refractivity contribution is -0.113. The second-order valence-electron chi connectivity index (χ2n) is 5.25. The molecular formula is C17H18ClNO4S. The monoisotopic (exact) mass is 367 g/mol. The standard InChI is InChI=1S/C17H18ClNO4S/c1-10-6-11(2)15(13(18)7-10)19-14(20)9-24-8-12-4-5-23-16(12)17(21)22-3/h4-7H,8-9H2,1-3H3,(H,19,20). The topological polar surface area (TPSA) is 68.5 Å². The molecule has 0 aliphatic rings. The van der Waals surface area contributed by atoms with Gasteiger partial charge in [-0.25, -0.2) is 4.79 Å². The Hall–Kier alpha value is -1.92. The number of carbonyl (C=O) groups is 2. The van der Waals surface area contributed by atoms with Gasteiger partial charge in [0.15, 0.2) is 0 Å². The molecule has 1 aromatic carbocycles. The van der Waals surface area contributed by atoms with E-state index in [1.54, 1.807) is 6.07 Å². The fourth-order valence-electron chi connectivity index (χ4n) is 2.22. The van der Waals surface area contributed by atoms with Crippen LogP contribution in [-0.4, -0.2) is 24.7 Å². The number of ether oxygens (including phenoxy) is 1. The summed E-state index contributed by atoms with van der Waals surface area (Å²) in [6, 6.07) is 5.46. The third-order valence-corrected chi connectivity index (χ3v) is 4.58. The molecule has 24 heavy (non-hydrogen) atoms. The Morgan fingerprint density at radius 2 is 2.08 bits per heavy atom. The normalized spacial score (nSPS) is 10.5. The van der Waals surface area contributed by atoms with E-state index in [4.69, 9.17) is 16.0 Å². The Morgan fingerprint density at radius 1 is 1.33 bits per heavy atom. The van der Waals surface area contributed by atoms with Gasteiger partial charge < -0.3 is 14.5 Å². The SMILES string of the molecule is COC(=O)c1occc1CSCC(=O)Nc1c(C)cc(C)cc1Cl. The lowest BCUT2D eigenvalue weighted by Gasteiger charge is -2.11. The summed E-state index contributed by atoms with van der Waals surface area (Å²) in [6.07, 6.45) is 1.43. The molecule has 5 nitrogen and oxygen atoms in total. The zero-order valence-corrected chi connectivity index (χ0v) is 15.2. The van der Waals surface area contributed by atoms with Crippen molar-refractivity contribution in [2.24, 2.45) is 0 Å². The predicted octanol–water partition coefficient (Wildman–Crippen LogP) is 4.21. The molecule has 1 amide bonds. The van der Waals surface area contributed by atoms with Crippen molar-refractivity contribution in [3.05, 3.63) is 51.9 Å². The van der Waals surface area contributed by atoms with Crippen LogP contribution in [0.4, 0.5) is 5.69 Å². The summed E-state index contributed by atoms with van der Waals surface area (Å²) in [5.41, 5.74) is 3.29. The molecule has 2 rings (SSSR count). The highest BCUT2D eigenvalue weighted by Gasteiger charge is 2.16. The highest BCUT2D eigenvalue weighted by Crippen LogP contribution is 2.27. The Labute approximate surface area is 149 Å². The van der Waals surface area contributed by atoms with Gasteiger partial charge in [0.2, 0.25) is 11.7 Å². The number of hydrogen-bond donors (Lipinski definition) is 1. The Balaban J connectivity index is 1.91. The molecule has 0 aliphatic carbocycles. The number of benzene rings is 1. The van der Waals surface area contributed by atoms with Crippen molar-refractivity contribution < 1.29 is 18.7 Å². The predicted molar refractivity (Wildman–Crippen MR) is 95.8 cm³/mol. The molecule has 2 aromatic rings. The van der Waals surface area contributed by atoms with Gasteiger partial charge >= 0.3 is 5.97 Å². The Bertz CT molecular complexity index is 734. The summed E-state index contributed by atoms with van der Waals surface area (Å²) in [6.45, 7) is 3.85. The zero-order chi connectivity index (χ0) is 17.7. The van der Waals surface area contributed by atoms with Gasteiger partial charge in [0.25, 0.3) is 0 Å². The van der Waals surface area contributed by atoms with E-state index in [9.17, 15) is 9.59 Å². The van der Waals surface area contributed by atoms with Crippen LogP contribution in [0.3, 0.4) is 0 Å². The molecule has 1 N–H and O–H groups in total. The van der Waals surface area contributed by atoms with Crippen molar-refractivity contribution in [1.29, 1.82) is 0 Å². The maximum Gasteiger partial charge on any atom is 0.374 e. The third kappa shape index (κ3) is 4.55. The quantitative estimate of drug-likeness (QED) is 0.774. The van der Waals surface area contributed by atoms with Gasteiger partial charge in [-0.3, -0.25) is 4.79 Å². The molecule has 0 saturated heterocycles.